The van der Waals surface area contributed by atoms with Gasteiger partial charge in [0.15, 0.2) is 5.65 Å². The van der Waals surface area contributed by atoms with Crippen molar-refractivity contribution in [2.45, 2.75) is 31.7 Å². The Morgan fingerprint density at radius 2 is 1.79 bits per heavy atom. The van der Waals surface area contributed by atoms with Crippen molar-refractivity contribution in [2.24, 2.45) is 0 Å². The van der Waals surface area contributed by atoms with Crippen LogP contribution < -0.4 is 10.1 Å². The average Bonchev–Trinajstić information content (AvgIpc) is 3.10. The Morgan fingerprint density at radius 3 is 2.39 bits per heavy atom. The summed E-state index contributed by atoms with van der Waals surface area (Å²) < 4.78 is 33.9. The second-order valence-corrected chi connectivity index (χ2v) is 8.28. The van der Waals surface area contributed by atoms with Crippen LogP contribution in [0.5, 0.6) is 5.75 Å². The summed E-state index contributed by atoms with van der Waals surface area (Å²) in [7, 11) is -1.93. The Hall–Kier alpha value is -2.65. The van der Waals surface area contributed by atoms with Gasteiger partial charge in [-0.15, -0.1) is 10.2 Å². The van der Waals surface area contributed by atoms with Crippen LogP contribution >= 0.6 is 0 Å². The van der Waals surface area contributed by atoms with Gasteiger partial charge in [0.05, 0.1) is 18.0 Å². The first-order chi connectivity index (χ1) is 13.4. The second kappa shape index (κ2) is 8.15. The molecule has 0 aliphatic heterocycles. The molecule has 2 aromatic heterocycles. The van der Waals surface area contributed by atoms with E-state index >= 15 is 0 Å². The molecule has 1 aromatic carbocycles. The first-order valence-electron chi connectivity index (χ1n) is 9.16. The zero-order valence-corrected chi connectivity index (χ0v) is 17.3. The van der Waals surface area contributed by atoms with Gasteiger partial charge in [-0.1, -0.05) is 26.0 Å². The van der Waals surface area contributed by atoms with Crippen molar-refractivity contribution in [2.75, 3.05) is 25.5 Å². The number of hydrogen-bond acceptors (Lipinski definition) is 6. The number of sulfonamides is 1. The predicted octanol–water partition coefficient (Wildman–Crippen LogP) is 2.94. The normalized spacial score (nSPS) is 13.0. The number of fused-ring (bicyclic) bond motifs is 1. The number of anilines is 1. The van der Waals surface area contributed by atoms with E-state index in [9.17, 15) is 8.42 Å². The lowest BCUT2D eigenvalue weighted by atomic mass is 10.1. The average molecular weight is 404 g/mol. The van der Waals surface area contributed by atoms with Crippen LogP contribution in [0.25, 0.3) is 5.65 Å². The molecule has 0 saturated carbocycles. The summed E-state index contributed by atoms with van der Waals surface area (Å²) in [5, 5.41) is 11.6. The Kier molecular flexibility index (Phi) is 5.85. The van der Waals surface area contributed by atoms with Gasteiger partial charge in [0.25, 0.3) is 0 Å². The lowest BCUT2D eigenvalue weighted by Gasteiger charge is -2.18. The molecule has 0 bridgehead atoms. The van der Waals surface area contributed by atoms with E-state index in [1.807, 2.05) is 45.0 Å². The maximum absolute atomic E-state index is 12.8. The maximum Gasteiger partial charge on any atom is 0.244 e. The monoisotopic (exact) mass is 403 g/mol. The van der Waals surface area contributed by atoms with E-state index in [0.717, 1.165) is 11.3 Å². The second-order valence-electron chi connectivity index (χ2n) is 6.35. The number of nitrogens with zero attached hydrogens (tertiary/aromatic N) is 4. The molecule has 0 amide bonds. The molecule has 0 saturated heterocycles. The lowest BCUT2D eigenvalue weighted by Crippen LogP contribution is -2.30. The van der Waals surface area contributed by atoms with E-state index in [0.29, 0.717) is 24.7 Å². The quantitative estimate of drug-likeness (QED) is 0.622. The van der Waals surface area contributed by atoms with Crippen molar-refractivity contribution in [1.29, 1.82) is 0 Å². The van der Waals surface area contributed by atoms with Gasteiger partial charge in [0.1, 0.15) is 5.75 Å². The molecule has 8 nitrogen and oxygen atoms in total. The van der Waals surface area contributed by atoms with Crippen molar-refractivity contribution in [1.82, 2.24) is 18.9 Å². The molecule has 1 N–H and O–H groups in total. The highest BCUT2D eigenvalue weighted by atomic mass is 32.2. The smallest absolute Gasteiger partial charge is 0.244 e. The molecule has 150 valence electrons. The van der Waals surface area contributed by atoms with E-state index in [2.05, 4.69) is 15.5 Å². The standard InChI is InChI=1S/C19H25N5O3S/c1-5-23(6-2)28(25,26)17-11-12-18-21-22-19(24(18)13-17)20-14(3)15-7-9-16(27-4)10-8-15/h7-14H,5-6H2,1-4H3,(H,20,22). The SMILES string of the molecule is CCN(CC)S(=O)(=O)c1ccc2nnc(NC(C)c3ccc(OC)cc3)n2c1. The van der Waals surface area contributed by atoms with Crippen LogP contribution in [0.15, 0.2) is 47.5 Å². The zero-order chi connectivity index (χ0) is 20.3. The van der Waals surface area contributed by atoms with Gasteiger partial charge >= 0.3 is 0 Å². The third-order valence-corrected chi connectivity index (χ3v) is 6.71. The van der Waals surface area contributed by atoms with Gasteiger partial charge in [-0.05, 0) is 36.8 Å². The van der Waals surface area contributed by atoms with Crippen molar-refractivity contribution >= 4 is 21.6 Å². The molecule has 0 aliphatic rings. The zero-order valence-electron chi connectivity index (χ0n) is 16.5. The topological polar surface area (TPSA) is 88.8 Å². The van der Waals surface area contributed by atoms with E-state index < -0.39 is 10.0 Å². The number of hydrogen-bond donors (Lipinski definition) is 1. The molecular weight excluding hydrogens is 378 g/mol. The minimum Gasteiger partial charge on any atom is -0.497 e. The van der Waals surface area contributed by atoms with Crippen LogP contribution in [0.1, 0.15) is 32.4 Å². The van der Waals surface area contributed by atoms with Crippen LogP contribution in [0.4, 0.5) is 5.95 Å². The highest BCUT2D eigenvalue weighted by Gasteiger charge is 2.23. The van der Waals surface area contributed by atoms with Gasteiger partial charge in [-0.25, -0.2) is 8.42 Å². The van der Waals surface area contributed by atoms with E-state index in [-0.39, 0.29) is 10.9 Å². The summed E-state index contributed by atoms with van der Waals surface area (Å²) >= 11 is 0. The number of pyridine rings is 1. The van der Waals surface area contributed by atoms with E-state index in [1.165, 1.54) is 4.31 Å². The summed E-state index contributed by atoms with van der Waals surface area (Å²) in [6.07, 6.45) is 1.56. The molecule has 1 atom stereocenters. The highest BCUT2D eigenvalue weighted by Crippen LogP contribution is 2.23. The molecule has 0 spiro atoms. The van der Waals surface area contributed by atoms with Gasteiger partial charge in [0, 0.05) is 19.3 Å². The molecule has 1 unspecified atom stereocenters. The molecule has 0 radical (unpaired) electrons. The molecule has 9 heteroatoms. The van der Waals surface area contributed by atoms with E-state index in [1.54, 1.807) is 29.8 Å². The minimum absolute atomic E-state index is 0.0543. The maximum atomic E-state index is 12.8. The fourth-order valence-corrected chi connectivity index (χ4v) is 4.46. The third-order valence-electron chi connectivity index (χ3n) is 4.68. The molecule has 3 aromatic rings. The first kappa shape index (κ1) is 20.1. The van der Waals surface area contributed by atoms with E-state index in [4.69, 9.17) is 4.74 Å². The molecule has 0 fully saturated rings. The van der Waals surface area contributed by atoms with Gasteiger partial charge < -0.3 is 10.1 Å². The highest BCUT2D eigenvalue weighted by molar-refractivity contribution is 7.89. The Balaban J connectivity index is 1.92. The summed E-state index contributed by atoms with van der Waals surface area (Å²) in [4.78, 5) is 0.212. The van der Waals surface area contributed by atoms with Crippen molar-refractivity contribution in [3.05, 3.63) is 48.2 Å². The minimum atomic E-state index is -3.56. The number of nitrogens with one attached hydrogen (secondary N) is 1. The lowest BCUT2D eigenvalue weighted by molar-refractivity contribution is 0.414. The van der Waals surface area contributed by atoms with Crippen LogP contribution in [-0.4, -0.2) is 47.5 Å². The van der Waals surface area contributed by atoms with Crippen molar-refractivity contribution < 1.29 is 13.2 Å². The van der Waals surface area contributed by atoms with Crippen molar-refractivity contribution in [3.8, 4) is 5.75 Å². The number of benzene rings is 1. The van der Waals surface area contributed by atoms with Gasteiger partial charge in [0.2, 0.25) is 16.0 Å². The summed E-state index contributed by atoms with van der Waals surface area (Å²) in [5.41, 5.74) is 1.62. The molecular formula is C19H25N5O3S. The largest absolute Gasteiger partial charge is 0.497 e. The fourth-order valence-electron chi connectivity index (χ4n) is 3.00. The number of rotatable bonds is 8. The summed E-state index contributed by atoms with van der Waals surface area (Å²) in [5.74, 6) is 1.27. The molecule has 2 heterocycles. The van der Waals surface area contributed by atoms with Gasteiger partial charge in [-0.3, -0.25) is 4.40 Å². The number of aromatic nitrogens is 3. The first-order valence-corrected chi connectivity index (χ1v) is 10.6. The molecule has 28 heavy (non-hydrogen) atoms. The van der Waals surface area contributed by atoms with Crippen LogP contribution in [0, 0.1) is 0 Å². The fraction of sp³-hybridized carbons (Fsp3) is 0.368. The third kappa shape index (κ3) is 3.81. The van der Waals surface area contributed by atoms with Crippen LogP contribution in [0.3, 0.4) is 0 Å². The summed E-state index contributed by atoms with van der Waals surface area (Å²) in [6.45, 7) is 6.47. The Labute approximate surface area is 165 Å². The van der Waals surface area contributed by atoms with Gasteiger partial charge in [-0.2, -0.15) is 4.31 Å². The number of ether oxygens (including phenoxy) is 1. The molecule has 0 aliphatic carbocycles. The van der Waals surface area contributed by atoms with Crippen LogP contribution in [0.2, 0.25) is 0 Å². The Bertz CT molecular complexity index is 1040. The van der Waals surface area contributed by atoms with Crippen molar-refractivity contribution in [3.63, 3.8) is 0 Å². The summed E-state index contributed by atoms with van der Waals surface area (Å²) in [6, 6.07) is 10.9. The number of methoxy groups -OCH3 is 1. The van der Waals surface area contributed by atoms with Crippen LogP contribution in [-0.2, 0) is 10.0 Å². The molecule has 3 rings (SSSR count). The Morgan fingerprint density at radius 1 is 1.11 bits per heavy atom. The predicted molar refractivity (Wildman–Crippen MR) is 108 cm³/mol.